The molecule has 3 nitrogen and oxygen atoms in total. The Kier molecular flexibility index (Phi) is 18.8. The van der Waals surface area contributed by atoms with E-state index < -0.39 is 5.97 Å². The molecule has 3 heteroatoms. The van der Waals surface area contributed by atoms with Crippen LogP contribution in [0.15, 0.2) is 12.2 Å². The molecule has 148 valence electrons. The lowest BCUT2D eigenvalue weighted by Gasteiger charge is -2.07. The minimum absolute atomic E-state index is 0.146. The maximum atomic E-state index is 10.4. The molecule has 0 rings (SSSR count). The number of carboxylic acids is 1. The van der Waals surface area contributed by atoms with Gasteiger partial charge >= 0.3 is 5.97 Å². The van der Waals surface area contributed by atoms with E-state index in [2.05, 4.69) is 19.1 Å². The van der Waals surface area contributed by atoms with Gasteiger partial charge in [0.05, 0.1) is 6.10 Å². The number of carbonyl (C=O) groups is 1. The summed E-state index contributed by atoms with van der Waals surface area (Å²) in [6.07, 6.45) is 23.3. The van der Waals surface area contributed by atoms with Crippen molar-refractivity contribution in [3.63, 3.8) is 0 Å². The van der Waals surface area contributed by atoms with Crippen LogP contribution in [0.1, 0.15) is 116 Å². The Morgan fingerprint density at radius 1 is 0.760 bits per heavy atom. The molecule has 0 bridgehead atoms. The van der Waals surface area contributed by atoms with Gasteiger partial charge in [0.2, 0.25) is 0 Å². The van der Waals surface area contributed by atoms with E-state index in [1.807, 2.05) is 0 Å². The molecule has 0 spiro atoms. The Balaban J connectivity index is 3.11. The number of unbranched alkanes of at least 4 members (excludes halogenated alkanes) is 12. The normalized spacial score (nSPS) is 12.7. The molecule has 0 aliphatic heterocycles. The van der Waals surface area contributed by atoms with E-state index in [0.29, 0.717) is 6.42 Å². The van der Waals surface area contributed by atoms with Crippen molar-refractivity contribution >= 4 is 5.97 Å². The molecule has 1 unspecified atom stereocenters. The number of rotatable bonds is 19. The second-order valence-corrected chi connectivity index (χ2v) is 7.30. The summed E-state index contributed by atoms with van der Waals surface area (Å²) in [5.74, 6) is -0.666. The molecule has 0 radical (unpaired) electrons. The summed E-state index contributed by atoms with van der Waals surface area (Å²) in [7, 11) is 0. The molecule has 0 saturated heterocycles. The average Bonchev–Trinajstić information content (AvgIpc) is 2.58. The summed E-state index contributed by atoms with van der Waals surface area (Å²) in [6.45, 7) is 2.12. The van der Waals surface area contributed by atoms with Gasteiger partial charge in [-0.15, -0.1) is 0 Å². The van der Waals surface area contributed by atoms with Crippen LogP contribution in [0.4, 0.5) is 0 Å². The third kappa shape index (κ3) is 21.1. The van der Waals surface area contributed by atoms with Crippen molar-refractivity contribution < 1.29 is 15.0 Å². The van der Waals surface area contributed by atoms with Gasteiger partial charge in [-0.05, 0) is 25.7 Å². The fraction of sp³-hybridized carbons (Fsp3) is 0.864. The molecule has 0 aliphatic carbocycles. The molecule has 25 heavy (non-hydrogen) atoms. The van der Waals surface area contributed by atoms with Gasteiger partial charge in [-0.25, -0.2) is 0 Å². The van der Waals surface area contributed by atoms with E-state index in [9.17, 15) is 9.90 Å². The summed E-state index contributed by atoms with van der Waals surface area (Å²) in [5, 5.41) is 18.4. The third-order valence-corrected chi connectivity index (χ3v) is 4.74. The maximum Gasteiger partial charge on any atom is 0.303 e. The quantitative estimate of drug-likeness (QED) is 0.202. The molecule has 0 aromatic carbocycles. The van der Waals surface area contributed by atoms with E-state index in [-0.39, 0.29) is 6.10 Å². The number of aliphatic hydroxyl groups is 1. The lowest BCUT2D eigenvalue weighted by molar-refractivity contribution is -0.137. The molecule has 0 saturated carbocycles. The summed E-state index contributed by atoms with van der Waals surface area (Å²) < 4.78 is 0. The van der Waals surface area contributed by atoms with Gasteiger partial charge in [0, 0.05) is 6.42 Å². The Morgan fingerprint density at radius 2 is 1.20 bits per heavy atom. The van der Waals surface area contributed by atoms with Crippen molar-refractivity contribution in [1.82, 2.24) is 0 Å². The minimum Gasteiger partial charge on any atom is -0.481 e. The van der Waals surface area contributed by atoms with Crippen LogP contribution in [0.2, 0.25) is 0 Å². The van der Waals surface area contributed by atoms with Crippen molar-refractivity contribution in [2.75, 3.05) is 0 Å². The number of allylic oxidation sites excluding steroid dienone is 1. The van der Waals surface area contributed by atoms with Gasteiger partial charge in [0.25, 0.3) is 0 Å². The summed E-state index contributed by atoms with van der Waals surface area (Å²) in [4.78, 5) is 10.4. The van der Waals surface area contributed by atoms with E-state index >= 15 is 0 Å². The molecule has 0 fully saturated rings. The zero-order chi connectivity index (χ0) is 18.6. The molecule has 0 aromatic heterocycles. The number of hydrogen-bond donors (Lipinski definition) is 2. The lowest BCUT2D eigenvalue weighted by Crippen LogP contribution is -2.04. The first kappa shape index (κ1) is 24.2. The Morgan fingerprint density at radius 3 is 1.64 bits per heavy atom. The molecular weight excluding hydrogens is 312 g/mol. The van der Waals surface area contributed by atoms with Gasteiger partial charge < -0.3 is 10.2 Å². The summed E-state index contributed by atoms with van der Waals surface area (Å²) in [5.41, 5.74) is 0. The standard InChI is InChI=1S/C22H42O3/c1-2-3-15-18-21(23)19-16-13-11-9-7-5-4-6-8-10-12-14-17-20-22(24)25/h3,15,21,23H,2,4-14,16-20H2,1H3,(H,24,25). The van der Waals surface area contributed by atoms with Crippen LogP contribution in [-0.4, -0.2) is 22.3 Å². The van der Waals surface area contributed by atoms with Crippen LogP contribution in [0.25, 0.3) is 0 Å². The first-order valence-electron chi connectivity index (χ1n) is 10.7. The van der Waals surface area contributed by atoms with Crippen molar-refractivity contribution in [1.29, 1.82) is 0 Å². The smallest absolute Gasteiger partial charge is 0.303 e. The molecule has 0 aliphatic rings. The van der Waals surface area contributed by atoms with Gasteiger partial charge in [-0.1, -0.05) is 96.1 Å². The third-order valence-electron chi connectivity index (χ3n) is 4.74. The highest BCUT2D eigenvalue weighted by Crippen LogP contribution is 2.14. The van der Waals surface area contributed by atoms with Crippen molar-refractivity contribution in [2.24, 2.45) is 0 Å². The molecule has 1 atom stereocenters. The Labute approximate surface area is 155 Å². The fourth-order valence-corrected chi connectivity index (χ4v) is 3.14. The van der Waals surface area contributed by atoms with E-state index in [0.717, 1.165) is 38.5 Å². The predicted molar refractivity (Wildman–Crippen MR) is 107 cm³/mol. The van der Waals surface area contributed by atoms with E-state index in [1.165, 1.54) is 64.2 Å². The van der Waals surface area contributed by atoms with Gasteiger partial charge in [0.15, 0.2) is 0 Å². The van der Waals surface area contributed by atoms with Crippen LogP contribution < -0.4 is 0 Å². The summed E-state index contributed by atoms with van der Waals surface area (Å²) >= 11 is 0. The predicted octanol–water partition coefficient (Wildman–Crippen LogP) is 6.64. The monoisotopic (exact) mass is 354 g/mol. The van der Waals surface area contributed by atoms with Crippen LogP contribution in [0.3, 0.4) is 0 Å². The topological polar surface area (TPSA) is 57.5 Å². The first-order chi connectivity index (χ1) is 12.2. The van der Waals surface area contributed by atoms with Gasteiger partial charge in [-0.2, -0.15) is 0 Å². The molecule has 0 aromatic rings. The maximum absolute atomic E-state index is 10.4. The average molecular weight is 355 g/mol. The van der Waals surface area contributed by atoms with Crippen LogP contribution in [0.5, 0.6) is 0 Å². The van der Waals surface area contributed by atoms with Crippen LogP contribution >= 0.6 is 0 Å². The second-order valence-electron chi connectivity index (χ2n) is 7.30. The van der Waals surface area contributed by atoms with Crippen molar-refractivity contribution in [3.8, 4) is 0 Å². The highest BCUT2D eigenvalue weighted by atomic mass is 16.4. The van der Waals surface area contributed by atoms with Crippen LogP contribution in [0, 0.1) is 0 Å². The number of aliphatic hydroxyl groups excluding tert-OH is 1. The minimum atomic E-state index is -0.666. The zero-order valence-corrected chi connectivity index (χ0v) is 16.6. The van der Waals surface area contributed by atoms with Gasteiger partial charge in [0.1, 0.15) is 0 Å². The van der Waals surface area contributed by atoms with Crippen LogP contribution in [-0.2, 0) is 4.79 Å². The molecule has 2 N–H and O–H groups in total. The first-order valence-corrected chi connectivity index (χ1v) is 10.7. The summed E-state index contributed by atoms with van der Waals surface area (Å²) in [6, 6.07) is 0. The Bertz CT molecular complexity index is 312. The SMILES string of the molecule is CCC=CCC(O)CCCCCCCCCCCCCCCC(=O)O. The number of hydrogen-bond acceptors (Lipinski definition) is 2. The lowest BCUT2D eigenvalue weighted by atomic mass is 10.0. The second kappa shape index (κ2) is 19.5. The number of carboxylic acid groups (broad SMARTS) is 1. The van der Waals surface area contributed by atoms with Crippen molar-refractivity contribution in [3.05, 3.63) is 12.2 Å². The number of aliphatic carboxylic acids is 1. The zero-order valence-electron chi connectivity index (χ0n) is 16.6. The molecule has 0 amide bonds. The van der Waals surface area contributed by atoms with E-state index in [4.69, 9.17) is 5.11 Å². The van der Waals surface area contributed by atoms with Crippen molar-refractivity contribution in [2.45, 2.75) is 122 Å². The highest BCUT2D eigenvalue weighted by Gasteiger charge is 2.01. The molecule has 0 heterocycles. The highest BCUT2D eigenvalue weighted by molar-refractivity contribution is 5.66. The fourth-order valence-electron chi connectivity index (χ4n) is 3.14. The van der Waals surface area contributed by atoms with Gasteiger partial charge in [-0.3, -0.25) is 4.79 Å². The van der Waals surface area contributed by atoms with E-state index in [1.54, 1.807) is 0 Å². The molecular formula is C22H42O3. The Hall–Kier alpha value is -0.830. The largest absolute Gasteiger partial charge is 0.481 e.